The Kier molecular flexibility index (Phi) is 8.57. The van der Waals surface area contributed by atoms with Crippen molar-refractivity contribution in [2.75, 3.05) is 24.6 Å². The monoisotopic (exact) mass is 546 g/mol. The van der Waals surface area contributed by atoms with E-state index in [4.69, 9.17) is 9.47 Å². The lowest BCUT2D eigenvalue weighted by Crippen LogP contribution is -2.41. The smallest absolute Gasteiger partial charge is 0.264 e. The molecule has 34 heavy (non-hydrogen) atoms. The second-order valence-corrected chi connectivity index (χ2v) is 10.2. The number of carbonyl (C=O) groups is 1. The van der Waals surface area contributed by atoms with E-state index in [0.29, 0.717) is 23.8 Å². The second kappa shape index (κ2) is 11.4. The summed E-state index contributed by atoms with van der Waals surface area (Å²) < 4.78 is 39.7. The Morgan fingerprint density at radius 2 is 1.68 bits per heavy atom. The Morgan fingerprint density at radius 1 is 1.03 bits per heavy atom. The summed E-state index contributed by atoms with van der Waals surface area (Å²) in [6.45, 7) is 3.78. The number of benzene rings is 3. The highest BCUT2D eigenvalue weighted by molar-refractivity contribution is 9.10. The number of amides is 1. The van der Waals surface area contributed by atoms with Gasteiger partial charge in [-0.3, -0.25) is 9.10 Å². The molecule has 0 aliphatic rings. The number of nitrogens with one attached hydrogen (secondary N) is 1. The first-order valence-corrected chi connectivity index (χ1v) is 12.9. The summed E-state index contributed by atoms with van der Waals surface area (Å²) in [5.41, 5.74) is 1.15. The Balaban J connectivity index is 1.90. The number of methoxy groups -OCH3 is 1. The lowest BCUT2D eigenvalue weighted by Gasteiger charge is -2.25. The number of para-hydroxylation sites is 1. The zero-order chi connectivity index (χ0) is 24.7. The van der Waals surface area contributed by atoms with Crippen molar-refractivity contribution in [2.24, 2.45) is 0 Å². The normalized spacial score (nSPS) is 12.0. The molecule has 0 spiro atoms. The molecule has 0 fully saturated rings. The number of halogens is 1. The summed E-state index contributed by atoms with van der Waals surface area (Å²) >= 11 is 3.32. The molecule has 180 valence electrons. The lowest BCUT2D eigenvalue weighted by molar-refractivity contribution is -0.120. The highest BCUT2D eigenvalue weighted by Crippen LogP contribution is 2.28. The van der Waals surface area contributed by atoms with Crippen LogP contribution in [0.5, 0.6) is 11.5 Å². The number of hydrogen-bond donors (Lipinski definition) is 1. The summed E-state index contributed by atoms with van der Waals surface area (Å²) in [5.74, 6) is 0.801. The van der Waals surface area contributed by atoms with Crippen molar-refractivity contribution in [1.29, 1.82) is 0 Å². The van der Waals surface area contributed by atoms with Gasteiger partial charge in [-0.15, -0.1) is 0 Å². The fourth-order valence-corrected chi connectivity index (χ4v) is 5.13. The maximum Gasteiger partial charge on any atom is 0.264 e. The average molecular weight is 547 g/mol. The molecule has 0 bridgehead atoms. The third-order valence-electron chi connectivity index (χ3n) is 5.11. The molecule has 1 atom stereocenters. The number of rotatable bonds is 10. The molecule has 3 aromatic rings. The SMILES string of the molecule is CCOc1ccc(N(CC(=O)N[C@H](C)c2ccccc2OC)S(=O)(=O)c2ccc(Br)cc2)cc1. The first kappa shape index (κ1) is 25.6. The summed E-state index contributed by atoms with van der Waals surface area (Å²) in [6.07, 6.45) is 0. The largest absolute Gasteiger partial charge is 0.496 e. The summed E-state index contributed by atoms with van der Waals surface area (Å²) in [6, 6.07) is 19.9. The molecule has 0 aliphatic heterocycles. The van der Waals surface area contributed by atoms with Gasteiger partial charge in [-0.2, -0.15) is 0 Å². The van der Waals surface area contributed by atoms with E-state index in [1.807, 2.05) is 38.1 Å². The number of anilines is 1. The number of carbonyl (C=O) groups excluding carboxylic acids is 1. The van der Waals surface area contributed by atoms with Gasteiger partial charge in [0, 0.05) is 10.0 Å². The van der Waals surface area contributed by atoms with Crippen LogP contribution in [-0.4, -0.2) is 34.6 Å². The Morgan fingerprint density at radius 3 is 2.29 bits per heavy atom. The van der Waals surface area contributed by atoms with E-state index in [1.165, 1.54) is 12.1 Å². The lowest BCUT2D eigenvalue weighted by atomic mass is 10.1. The molecule has 1 N–H and O–H groups in total. The van der Waals surface area contributed by atoms with E-state index in [1.54, 1.807) is 43.5 Å². The molecule has 0 unspecified atom stereocenters. The third kappa shape index (κ3) is 6.09. The fourth-order valence-electron chi connectivity index (χ4n) is 3.44. The van der Waals surface area contributed by atoms with E-state index in [-0.39, 0.29) is 10.9 Å². The van der Waals surface area contributed by atoms with Crippen molar-refractivity contribution in [1.82, 2.24) is 5.32 Å². The number of ether oxygens (including phenoxy) is 2. The Hall–Kier alpha value is -3.04. The van der Waals surface area contributed by atoms with Crippen LogP contribution in [-0.2, 0) is 14.8 Å². The highest BCUT2D eigenvalue weighted by atomic mass is 79.9. The van der Waals surface area contributed by atoms with Gasteiger partial charge < -0.3 is 14.8 Å². The maximum absolute atomic E-state index is 13.5. The van der Waals surface area contributed by atoms with Crippen LogP contribution in [0.25, 0.3) is 0 Å². The minimum atomic E-state index is -4.02. The minimum absolute atomic E-state index is 0.0789. The second-order valence-electron chi connectivity index (χ2n) is 7.42. The molecule has 0 saturated carbocycles. The average Bonchev–Trinajstić information content (AvgIpc) is 2.83. The molecule has 3 rings (SSSR count). The molecule has 9 heteroatoms. The van der Waals surface area contributed by atoms with Gasteiger partial charge in [-0.05, 0) is 68.4 Å². The van der Waals surface area contributed by atoms with Gasteiger partial charge >= 0.3 is 0 Å². The van der Waals surface area contributed by atoms with E-state index >= 15 is 0 Å². The standard InChI is InChI=1S/C25H27BrN2O5S/c1-4-33-21-13-11-20(12-14-21)28(34(30,31)22-15-9-19(26)10-16-22)17-25(29)27-18(2)23-7-5-6-8-24(23)32-3/h5-16,18H,4,17H2,1-3H3,(H,27,29)/t18-/m1/s1. The molecule has 0 saturated heterocycles. The molecule has 7 nitrogen and oxygen atoms in total. The van der Waals surface area contributed by atoms with Crippen LogP contribution in [0.4, 0.5) is 5.69 Å². The molecule has 0 heterocycles. The maximum atomic E-state index is 13.5. The van der Waals surface area contributed by atoms with Gasteiger partial charge in [0.2, 0.25) is 5.91 Å². The number of sulfonamides is 1. The zero-order valence-electron chi connectivity index (χ0n) is 19.2. The van der Waals surface area contributed by atoms with Crippen molar-refractivity contribution in [2.45, 2.75) is 24.8 Å². The predicted octanol–water partition coefficient (Wildman–Crippen LogP) is 4.93. The molecule has 0 radical (unpaired) electrons. The van der Waals surface area contributed by atoms with Gasteiger partial charge in [0.05, 0.1) is 30.3 Å². The van der Waals surface area contributed by atoms with Crippen molar-refractivity contribution >= 4 is 37.5 Å². The first-order valence-electron chi connectivity index (χ1n) is 10.7. The quantitative estimate of drug-likeness (QED) is 0.389. The van der Waals surface area contributed by atoms with E-state index in [9.17, 15) is 13.2 Å². The Bertz CT molecular complexity index is 1210. The molecular weight excluding hydrogens is 520 g/mol. The van der Waals surface area contributed by atoms with Gasteiger partial charge in [-0.1, -0.05) is 34.1 Å². The fraction of sp³-hybridized carbons (Fsp3) is 0.240. The van der Waals surface area contributed by atoms with Crippen LogP contribution in [0.2, 0.25) is 0 Å². The summed E-state index contributed by atoms with van der Waals surface area (Å²) in [5, 5.41) is 2.88. The predicted molar refractivity (Wildman–Crippen MR) is 136 cm³/mol. The van der Waals surface area contributed by atoms with Crippen LogP contribution in [0.1, 0.15) is 25.5 Å². The van der Waals surface area contributed by atoms with Gasteiger partial charge in [0.15, 0.2) is 0 Å². The van der Waals surface area contributed by atoms with Crippen LogP contribution in [0, 0.1) is 0 Å². The van der Waals surface area contributed by atoms with Gasteiger partial charge in [0.1, 0.15) is 18.0 Å². The van der Waals surface area contributed by atoms with Crippen molar-refractivity contribution in [3.63, 3.8) is 0 Å². The van der Waals surface area contributed by atoms with Crippen molar-refractivity contribution < 1.29 is 22.7 Å². The van der Waals surface area contributed by atoms with Crippen LogP contribution in [0.15, 0.2) is 82.2 Å². The molecule has 3 aromatic carbocycles. The molecule has 0 aliphatic carbocycles. The number of hydrogen-bond acceptors (Lipinski definition) is 5. The van der Waals surface area contributed by atoms with Crippen LogP contribution in [0.3, 0.4) is 0 Å². The topological polar surface area (TPSA) is 84.9 Å². The summed E-state index contributed by atoms with van der Waals surface area (Å²) in [4.78, 5) is 13.1. The van der Waals surface area contributed by atoms with Crippen molar-refractivity contribution in [3.8, 4) is 11.5 Å². The first-order chi connectivity index (χ1) is 16.3. The van der Waals surface area contributed by atoms with E-state index in [0.717, 1.165) is 14.3 Å². The highest BCUT2D eigenvalue weighted by Gasteiger charge is 2.28. The third-order valence-corrected chi connectivity index (χ3v) is 7.42. The molecular formula is C25H27BrN2O5S. The van der Waals surface area contributed by atoms with E-state index < -0.39 is 22.5 Å². The number of nitrogens with zero attached hydrogens (tertiary/aromatic N) is 1. The minimum Gasteiger partial charge on any atom is -0.496 e. The van der Waals surface area contributed by atoms with Gasteiger partial charge in [-0.25, -0.2) is 8.42 Å². The summed E-state index contributed by atoms with van der Waals surface area (Å²) in [7, 11) is -2.46. The van der Waals surface area contributed by atoms with Crippen LogP contribution >= 0.6 is 15.9 Å². The Labute approximate surface area is 208 Å². The molecule has 1 amide bonds. The van der Waals surface area contributed by atoms with E-state index in [2.05, 4.69) is 21.2 Å². The zero-order valence-corrected chi connectivity index (χ0v) is 21.6. The molecule has 0 aromatic heterocycles. The van der Waals surface area contributed by atoms with Gasteiger partial charge in [0.25, 0.3) is 10.0 Å². The van der Waals surface area contributed by atoms with Crippen molar-refractivity contribution in [3.05, 3.63) is 82.8 Å². The van der Waals surface area contributed by atoms with Crippen LogP contribution < -0.4 is 19.1 Å².